The molecule has 0 spiro atoms. The summed E-state index contributed by atoms with van der Waals surface area (Å²) in [5.74, 6) is 0.0501. The smallest absolute Gasteiger partial charge is 0.319 e. The second kappa shape index (κ2) is 6.67. The van der Waals surface area contributed by atoms with Crippen LogP contribution in [0.5, 0.6) is 0 Å². The molecule has 1 atom stereocenters. The first-order valence-electron chi connectivity index (χ1n) is 7.49. The summed E-state index contributed by atoms with van der Waals surface area (Å²) >= 11 is 0. The Morgan fingerprint density at radius 2 is 2.16 bits per heavy atom. The van der Waals surface area contributed by atoms with Crippen LogP contribution < -0.4 is 10.6 Å². The lowest BCUT2D eigenvalue weighted by molar-refractivity contribution is 0.249. The molecule has 2 aromatic heterocycles. The second-order valence-corrected chi connectivity index (χ2v) is 5.48. The van der Waals surface area contributed by atoms with Gasteiger partial charge in [-0.2, -0.15) is 0 Å². The van der Waals surface area contributed by atoms with Crippen LogP contribution in [0.15, 0.2) is 29.0 Å². The molecule has 0 radical (unpaired) electrons. The van der Waals surface area contributed by atoms with Gasteiger partial charge in [-0.25, -0.2) is 13.9 Å². The number of tetrazole rings is 1. The number of benzene rings is 1. The van der Waals surface area contributed by atoms with Crippen molar-refractivity contribution in [3.8, 4) is 5.69 Å². The van der Waals surface area contributed by atoms with E-state index in [4.69, 9.17) is 4.52 Å². The highest BCUT2D eigenvalue weighted by Gasteiger charge is 2.19. The molecule has 130 valence electrons. The van der Waals surface area contributed by atoms with Crippen LogP contribution in [0.1, 0.15) is 30.0 Å². The van der Waals surface area contributed by atoms with Crippen molar-refractivity contribution in [1.29, 1.82) is 0 Å². The van der Waals surface area contributed by atoms with Gasteiger partial charge in [-0.1, -0.05) is 5.16 Å². The van der Waals surface area contributed by atoms with E-state index >= 15 is 0 Å². The highest BCUT2D eigenvalue weighted by molar-refractivity contribution is 5.90. The summed E-state index contributed by atoms with van der Waals surface area (Å²) in [5, 5.41) is 19.8. The Bertz CT molecular complexity index is 872. The van der Waals surface area contributed by atoms with Gasteiger partial charge in [0.15, 0.2) is 0 Å². The molecule has 2 amide bonds. The molecule has 0 fully saturated rings. The monoisotopic (exact) mass is 345 g/mol. The van der Waals surface area contributed by atoms with Crippen molar-refractivity contribution >= 4 is 11.7 Å². The normalized spacial score (nSPS) is 12.0. The van der Waals surface area contributed by atoms with E-state index < -0.39 is 11.8 Å². The van der Waals surface area contributed by atoms with Gasteiger partial charge in [0.05, 0.1) is 23.1 Å². The number of hydrogen-bond acceptors (Lipinski definition) is 6. The van der Waals surface area contributed by atoms with Gasteiger partial charge in [-0.05, 0) is 49.4 Å². The van der Waals surface area contributed by atoms with Crippen LogP contribution in [0.25, 0.3) is 5.69 Å². The highest BCUT2D eigenvalue weighted by Crippen LogP contribution is 2.22. The number of rotatable bonds is 4. The summed E-state index contributed by atoms with van der Waals surface area (Å²) < 4.78 is 20.4. The first-order chi connectivity index (χ1) is 12.0. The lowest BCUT2D eigenvalue weighted by atomic mass is 10.1. The summed E-state index contributed by atoms with van der Waals surface area (Å²) in [5.41, 5.74) is 2.01. The van der Waals surface area contributed by atoms with Crippen LogP contribution in [0.3, 0.4) is 0 Å². The SMILES string of the molecule is Cc1noc(C)c1[C@H](C)NC(=O)Nc1cc(-n2cnnn2)ccc1F. The average molecular weight is 345 g/mol. The maximum atomic E-state index is 14.0. The molecule has 2 heterocycles. The Labute approximate surface area is 142 Å². The van der Waals surface area contributed by atoms with E-state index in [0.29, 0.717) is 17.1 Å². The molecule has 0 saturated heterocycles. The van der Waals surface area contributed by atoms with E-state index in [1.54, 1.807) is 20.8 Å². The van der Waals surface area contributed by atoms with Crippen molar-refractivity contribution < 1.29 is 13.7 Å². The molecule has 0 aliphatic rings. The second-order valence-electron chi connectivity index (χ2n) is 5.48. The van der Waals surface area contributed by atoms with E-state index in [-0.39, 0.29) is 11.7 Å². The topological polar surface area (TPSA) is 111 Å². The fourth-order valence-corrected chi connectivity index (χ4v) is 2.57. The van der Waals surface area contributed by atoms with Gasteiger partial charge < -0.3 is 15.2 Å². The van der Waals surface area contributed by atoms with Gasteiger partial charge in [-0.15, -0.1) is 5.10 Å². The summed E-state index contributed by atoms with van der Waals surface area (Å²) in [4.78, 5) is 12.2. The maximum absolute atomic E-state index is 14.0. The van der Waals surface area contributed by atoms with Crippen molar-refractivity contribution in [3.63, 3.8) is 0 Å². The number of urea groups is 1. The lowest BCUT2D eigenvalue weighted by Gasteiger charge is -2.15. The summed E-state index contributed by atoms with van der Waals surface area (Å²) in [6.07, 6.45) is 1.37. The molecule has 2 N–H and O–H groups in total. The summed E-state index contributed by atoms with van der Waals surface area (Å²) in [6, 6.07) is 3.26. The van der Waals surface area contributed by atoms with Crippen molar-refractivity contribution in [2.75, 3.05) is 5.32 Å². The molecule has 10 heteroatoms. The Morgan fingerprint density at radius 1 is 1.36 bits per heavy atom. The van der Waals surface area contributed by atoms with Gasteiger partial charge in [-0.3, -0.25) is 0 Å². The van der Waals surface area contributed by atoms with Crippen LogP contribution in [0.4, 0.5) is 14.9 Å². The molecule has 9 nitrogen and oxygen atoms in total. The number of nitrogens with one attached hydrogen (secondary N) is 2. The van der Waals surface area contributed by atoms with E-state index in [1.807, 2.05) is 0 Å². The third-order valence-electron chi connectivity index (χ3n) is 3.68. The van der Waals surface area contributed by atoms with Gasteiger partial charge in [0.2, 0.25) is 0 Å². The Kier molecular flexibility index (Phi) is 4.42. The van der Waals surface area contributed by atoms with E-state index in [0.717, 1.165) is 5.56 Å². The number of aryl methyl sites for hydroxylation is 2. The first kappa shape index (κ1) is 16.6. The quantitative estimate of drug-likeness (QED) is 0.750. The highest BCUT2D eigenvalue weighted by atomic mass is 19.1. The number of aromatic nitrogens is 5. The Balaban J connectivity index is 1.74. The van der Waals surface area contributed by atoms with Crippen LogP contribution >= 0.6 is 0 Å². The predicted octanol–water partition coefficient (Wildman–Crippen LogP) is 2.29. The zero-order valence-electron chi connectivity index (χ0n) is 13.8. The number of hydrogen-bond donors (Lipinski definition) is 2. The molecule has 0 unspecified atom stereocenters. The summed E-state index contributed by atoms with van der Waals surface area (Å²) in [7, 11) is 0. The van der Waals surface area contributed by atoms with Crippen molar-refractivity contribution in [3.05, 3.63) is 47.4 Å². The van der Waals surface area contributed by atoms with E-state index in [2.05, 4.69) is 31.3 Å². The van der Waals surface area contributed by atoms with E-state index in [9.17, 15) is 9.18 Å². The molecular weight excluding hydrogens is 329 g/mol. The van der Waals surface area contributed by atoms with Gasteiger partial charge >= 0.3 is 6.03 Å². The first-order valence-corrected chi connectivity index (χ1v) is 7.49. The third-order valence-corrected chi connectivity index (χ3v) is 3.68. The van der Waals surface area contributed by atoms with Crippen LogP contribution in [-0.4, -0.2) is 31.4 Å². The number of carbonyl (C=O) groups is 1. The minimum Gasteiger partial charge on any atom is -0.361 e. The van der Waals surface area contributed by atoms with Gasteiger partial charge in [0, 0.05) is 5.56 Å². The number of amides is 2. The van der Waals surface area contributed by atoms with Crippen LogP contribution in [-0.2, 0) is 0 Å². The third kappa shape index (κ3) is 3.47. The largest absolute Gasteiger partial charge is 0.361 e. The van der Waals surface area contributed by atoms with Crippen molar-refractivity contribution in [2.45, 2.75) is 26.8 Å². The van der Waals surface area contributed by atoms with Gasteiger partial charge in [0.25, 0.3) is 0 Å². The predicted molar refractivity (Wildman–Crippen MR) is 85.7 cm³/mol. The zero-order chi connectivity index (χ0) is 18.0. The Morgan fingerprint density at radius 3 is 2.80 bits per heavy atom. The van der Waals surface area contributed by atoms with Crippen molar-refractivity contribution in [2.24, 2.45) is 0 Å². The standard InChI is InChI=1S/C15H16FN7O2/c1-8(14-9(2)20-25-10(14)3)18-15(24)19-13-6-11(4-5-12(13)16)23-7-17-21-22-23/h4-8H,1-3H3,(H2,18,19,24)/t8-/m0/s1. The molecule has 0 saturated carbocycles. The molecule has 3 aromatic rings. The Hall–Kier alpha value is -3.30. The number of nitrogens with zero attached hydrogens (tertiary/aromatic N) is 5. The minimum absolute atomic E-state index is 0.0106. The summed E-state index contributed by atoms with van der Waals surface area (Å²) in [6.45, 7) is 5.35. The molecule has 1 aromatic carbocycles. The van der Waals surface area contributed by atoms with Crippen molar-refractivity contribution in [1.82, 2.24) is 30.7 Å². The molecule has 0 aliphatic heterocycles. The lowest BCUT2D eigenvalue weighted by Crippen LogP contribution is -2.32. The average Bonchev–Trinajstić information content (AvgIpc) is 3.19. The van der Waals surface area contributed by atoms with Crippen LogP contribution in [0.2, 0.25) is 0 Å². The minimum atomic E-state index is -0.572. The molecule has 3 rings (SSSR count). The molecule has 0 aliphatic carbocycles. The molecule has 25 heavy (non-hydrogen) atoms. The number of carbonyl (C=O) groups excluding carboxylic acids is 1. The van der Waals surface area contributed by atoms with Crippen LogP contribution in [0, 0.1) is 19.7 Å². The van der Waals surface area contributed by atoms with Gasteiger partial charge in [0.1, 0.15) is 17.9 Å². The van der Waals surface area contributed by atoms with E-state index in [1.165, 1.54) is 29.2 Å². The zero-order valence-corrected chi connectivity index (χ0v) is 13.8. The number of anilines is 1. The molecule has 0 bridgehead atoms. The maximum Gasteiger partial charge on any atom is 0.319 e. The fraction of sp³-hybridized carbons (Fsp3) is 0.267. The number of halogens is 1. The molecular formula is C15H16FN7O2. The fourth-order valence-electron chi connectivity index (χ4n) is 2.57.